The van der Waals surface area contributed by atoms with Crippen molar-refractivity contribution in [2.45, 2.75) is 38.1 Å². The predicted octanol–water partition coefficient (Wildman–Crippen LogP) is 3.20. The predicted molar refractivity (Wildman–Crippen MR) is 99.4 cm³/mol. The van der Waals surface area contributed by atoms with Crippen LogP contribution in [-0.2, 0) is 21.2 Å². The smallest absolute Gasteiger partial charge is 0.264 e. The van der Waals surface area contributed by atoms with Gasteiger partial charge in [0.1, 0.15) is 0 Å². The van der Waals surface area contributed by atoms with Crippen molar-refractivity contribution in [3.05, 3.63) is 54.1 Å². The molecule has 1 heterocycles. The topological polar surface area (TPSA) is 57.7 Å². The number of fused-ring (bicyclic) bond motifs is 1. The molecule has 2 aromatic rings. The Morgan fingerprint density at radius 1 is 1.12 bits per heavy atom. The first-order valence-electron chi connectivity index (χ1n) is 8.33. The van der Waals surface area contributed by atoms with E-state index in [4.69, 9.17) is 0 Å². The highest BCUT2D eigenvalue weighted by atomic mass is 32.2. The third-order valence-corrected chi connectivity index (χ3v) is 6.36. The van der Waals surface area contributed by atoms with Crippen LogP contribution in [-0.4, -0.2) is 26.9 Å². The first-order chi connectivity index (χ1) is 11.8. The molecule has 132 valence electrons. The summed E-state index contributed by atoms with van der Waals surface area (Å²) in [5.74, 6) is -0.0255. The van der Waals surface area contributed by atoms with E-state index in [1.165, 1.54) is 11.2 Å². The Labute approximate surface area is 148 Å². The van der Waals surface area contributed by atoms with Crippen LogP contribution in [0, 0.1) is 0 Å². The summed E-state index contributed by atoms with van der Waals surface area (Å²) in [6.07, 6.45) is 0.672. The lowest BCUT2D eigenvalue weighted by Gasteiger charge is -2.28. The number of hydrogen-bond acceptors (Lipinski definition) is 3. The standard InChI is InChI=1S/C19H22N2O3S/c1-14(2)21(17-7-5-4-6-8-17)25(23,24)18-9-10-19-16(13-18)11-12-20(19)15(3)22/h4-10,13-14H,11-12H2,1-3H3. The molecule has 0 fully saturated rings. The number of carbonyl (C=O) groups is 1. The van der Waals surface area contributed by atoms with Crippen LogP contribution in [0.4, 0.5) is 11.4 Å². The summed E-state index contributed by atoms with van der Waals surface area (Å²) in [7, 11) is -3.68. The molecule has 3 rings (SSSR count). The molecular formula is C19H22N2O3S. The summed E-state index contributed by atoms with van der Waals surface area (Å²) in [6, 6.07) is 13.9. The van der Waals surface area contributed by atoms with Crippen LogP contribution in [0.25, 0.3) is 0 Å². The van der Waals surface area contributed by atoms with Crippen LogP contribution in [0.2, 0.25) is 0 Å². The summed E-state index contributed by atoms with van der Waals surface area (Å²) in [4.78, 5) is 13.6. The third kappa shape index (κ3) is 3.14. The highest BCUT2D eigenvalue weighted by Gasteiger charge is 2.30. The minimum Gasteiger partial charge on any atom is -0.312 e. The maximum atomic E-state index is 13.2. The Balaban J connectivity index is 2.04. The summed E-state index contributed by atoms with van der Waals surface area (Å²) in [5.41, 5.74) is 2.35. The second-order valence-electron chi connectivity index (χ2n) is 6.44. The Morgan fingerprint density at radius 3 is 2.40 bits per heavy atom. The normalized spacial score (nSPS) is 13.8. The molecule has 0 unspecified atom stereocenters. The Morgan fingerprint density at radius 2 is 1.80 bits per heavy atom. The SMILES string of the molecule is CC(=O)N1CCc2cc(S(=O)(=O)N(c3ccccc3)C(C)C)ccc21. The number of rotatable bonds is 4. The molecule has 6 heteroatoms. The zero-order chi connectivity index (χ0) is 18.2. The van der Waals surface area contributed by atoms with Crippen LogP contribution >= 0.6 is 0 Å². The monoisotopic (exact) mass is 358 g/mol. The molecule has 1 aliphatic heterocycles. The van der Waals surface area contributed by atoms with Crippen LogP contribution < -0.4 is 9.21 Å². The van der Waals surface area contributed by atoms with Crippen molar-refractivity contribution in [3.8, 4) is 0 Å². The van der Waals surface area contributed by atoms with Gasteiger partial charge in [-0.1, -0.05) is 18.2 Å². The lowest BCUT2D eigenvalue weighted by atomic mass is 10.2. The van der Waals surface area contributed by atoms with Crippen molar-refractivity contribution in [1.29, 1.82) is 0 Å². The lowest BCUT2D eigenvalue weighted by molar-refractivity contribution is -0.116. The summed E-state index contributed by atoms with van der Waals surface area (Å²) in [5, 5.41) is 0. The van der Waals surface area contributed by atoms with Crippen molar-refractivity contribution >= 4 is 27.3 Å². The fourth-order valence-electron chi connectivity index (χ4n) is 3.27. The van der Waals surface area contributed by atoms with E-state index < -0.39 is 10.0 Å². The first kappa shape index (κ1) is 17.5. The van der Waals surface area contributed by atoms with Gasteiger partial charge in [-0.15, -0.1) is 0 Å². The molecule has 1 aliphatic rings. The number of benzene rings is 2. The average molecular weight is 358 g/mol. The molecule has 0 aromatic heterocycles. The number of anilines is 2. The van der Waals surface area contributed by atoms with E-state index >= 15 is 0 Å². The van der Waals surface area contributed by atoms with Crippen molar-refractivity contribution < 1.29 is 13.2 Å². The number of sulfonamides is 1. The maximum absolute atomic E-state index is 13.2. The second-order valence-corrected chi connectivity index (χ2v) is 8.26. The Bertz CT molecular complexity index is 892. The van der Waals surface area contributed by atoms with Gasteiger partial charge in [0.2, 0.25) is 5.91 Å². The van der Waals surface area contributed by atoms with Gasteiger partial charge in [-0.25, -0.2) is 8.42 Å². The van der Waals surface area contributed by atoms with Crippen molar-refractivity contribution in [2.24, 2.45) is 0 Å². The molecule has 25 heavy (non-hydrogen) atoms. The molecule has 0 radical (unpaired) electrons. The van der Waals surface area contributed by atoms with Crippen LogP contribution in [0.5, 0.6) is 0 Å². The van der Waals surface area contributed by atoms with E-state index in [-0.39, 0.29) is 16.8 Å². The van der Waals surface area contributed by atoms with Crippen molar-refractivity contribution in [3.63, 3.8) is 0 Å². The van der Waals surface area contributed by atoms with E-state index in [0.29, 0.717) is 18.7 Å². The molecule has 2 aromatic carbocycles. The Kier molecular flexibility index (Phi) is 4.56. The van der Waals surface area contributed by atoms with Crippen LogP contribution in [0.15, 0.2) is 53.4 Å². The van der Waals surface area contributed by atoms with Crippen LogP contribution in [0.1, 0.15) is 26.3 Å². The molecule has 1 amide bonds. The van der Waals surface area contributed by atoms with E-state index in [9.17, 15) is 13.2 Å². The maximum Gasteiger partial charge on any atom is 0.264 e. The van der Waals surface area contributed by atoms with Crippen LogP contribution in [0.3, 0.4) is 0 Å². The highest BCUT2D eigenvalue weighted by Crippen LogP contribution is 2.33. The fourth-order valence-corrected chi connectivity index (χ4v) is 4.98. The zero-order valence-corrected chi connectivity index (χ0v) is 15.5. The number of para-hydroxylation sites is 1. The number of hydrogen-bond donors (Lipinski definition) is 0. The molecule has 0 aliphatic carbocycles. The summed E-state index contributed by atoms with van der Waals surface area (Å²) in [6.45, 7) is 5.83. The Hall–Kier alpha value is -2.34. The molecule has 0 saturated heterocycles. The van der Waals surface area contributed by atoms with Gasteiger partial charge in [0.05, 0.1) is 10.6 Å². The molecule has 5 nitrogen and oxygen atoms in total. The molecule has 0 bridgehead atoms. The molecule has 0 atom stereocenters. The summed E-state index contributed by atoms with van der Waals surface area (Å²) < 4.78 is 27.9. The van der Waals surface area contributed by atoms with Gasteiger partial charge in [0, 0.05) is 25.2 Å². The third-order valence-electron chi connectivity index (χ3n) is 4.36. The lowest BCUT2D eigenvalue weighted by Crippen LogP contribution is -2.37. The minimum atomic E-state index is -3.68. The molecular weight excluding hydrogens is 336 g/mol. The van der Waals surface area contributed by atoms with Gasteiger partial charge in [-0.3, -0.25) is 9.10 Å². The van der Waals surface area contributed by atoms with E-state index in [1.807, 2.05) is 32.0 Å². The summed E-state index contributed by atoms with van der Waals surface area (Å²) >= 11 is 0. The second kappa shape index (κ2) is 6.52. The molecule has 0 N–H and O–H groups in total. The van der Waals surface area contributed by atoms with Crippen molar-refractivity contribution in [2.75, 3.05) is 15.7 Å². The number of amides is 1. The average Bonchev–Trinajstić information content (AvgIpc) is 2.98. The van der Waals surface area contributed by atoms with E-state index in [2.05, 4.69) is 0 Å². The fraction of sp³-hybridized carbons (Fsp3) is 0.316. The van der Waals surface area contributed by atoms with Gasteiger partial charge in [-0.2, -0.15) is 0 Å². The zero-order valence-electron chi connectivity index (χ0n) is 14.6. The van der Waals surface area contributed by atoms with E-state index in [0.717, 1.165) is 11.3 Å². The first-order valence-corrected chi connectivity index (χ1v) is 9.77. The minimum absolute atomic E-state index is 0.0255. The largest absolute Gasteiger partial charge is 0.312 e. The molecule has 0 spiro atoms. The molecule has 0 saturated carbocycles. The van der Waals surface area contributed by atoms with Gasteiger partial charge in [-0.05, 0) is 56.2 Å². The number of carbonyl (C=O) groups excluding carboxylic acids is 1. The van der Waals surface area contributed by atoms with Gasteiger partial charge >= 0.3 is 0 Å². The quantitative estimate of drug-likeness (QED) is 0.843. The van der Waals surface area contributed by atoms with Crippen molar-refractivity contribution in [1.82, 2.24) is 0 Å². The number of nitrogens with zero attached hydrogens (tertiary/aromatic N) is 2. The van der Waals surface area contributed by atoms with Gasteiger partial charge < -0.3 is 4.90 Å². The van der Waals surface area contributed by atoms with Gasteiger partial charge in [0.25, 0.3) is 10.0 Å². The highest BCUT2D eigenvalue weighted by molar-refractivity contribution is 7.92. The van der Waals surface area contributed by atoms with E-state index in [1.54, 1.807) is 35.2 Å². The van der Waals surface area contributed by atoms with Gasteiger partial charge in [0.15, 0.2) is 0 Å².